The van der Waals surface area contributed by atoms with Crippen LogP contribution in [0.3, 0.4) is 0 Å². The van der Waals surface area contributed by atoms with Gasteiger partial charge in [-0.15, -0.1) is 0 Å². The Balaban J connectivity index is 1.96. The molecule has 0 aliphatic rings. The van der Waals surface area contributed by atoms with Crippen LogP contribution in [0.15, 0.2) is 65.4 Å². The summed E-state index contributed by atoms with van der Waals surface area (Å²) in [6.07, 6.45) is 1.53. The Kier molecular flexibility index (Phi) is 3.33. The fourth-order valence-electron chi connectivity index (χ4n) is 2.27. The topological polar surface area (TPSA) is 26.0 Å². The first-order valence-corrected chi connectivity index (χ1v) is 6.51. The predicted molar refractivity (Wildman–Crippen MR) is 75.9 cm³/mol. The maximum absolute atomic E-state index is 14.3. The number of halogens is 1. The molecule has 0 N–H and O–H groups in total. The molecule has 0 saturated carbocycles. The van der Waals surface area contributed by atoms with Crippen molar-refractivity contribution in [3.63, 3.8) is 0 Å². The van der Waals surface area contributed by atoms with Crippen LogP contribution in [0.1, 0.15) is 24.1 Å². The maximum atomic E-state index is 14.3. The third-order valence-electron chi connectivity index (χ3n) is 3.48. The van der Waals surface area contributed by atoms with Gasteiger partial charge in [0.2, 0.25) is 0 Å². The molecule has 2 nitrogen and oxygen atoms in total. The summed E-state index contributed by atoms with van der Waals surface area (Å²) in [5.41, 5.74) is 3.18. The molecule has 100 valence electrons. The van der Waals surface area contributed by atoms with Gasteiger partial charge in [0.15, 0.2) is 0 Å². The van der Waals surface area contributed by atoms with Crippen molar-refractivity contribution in [2.75, 3.05) is 0 Å². The minimum absolute atomic E-state index is 0.00748. The zero-order valence-corrected chi connectivity index (χ0v) is 11.1. The predicted octanol–water partition coefficient (Wildman–Crippen LogP) is 4.63. The summed E-state index contributed by atoms with van der Waals surface area (Å²) in [5, 5.41) is 3.91. The van der Waals surface area contributed by atoms with Crippen molar-refractivity contribution in [3.05, 3.63) is 77.9 Å². The van der Waals surface area contributed by atoms with E-state index in [2.05, 4.69) is 5.16 Å². The second kappa shape index (κ2) is 5.29. The van der Waals surface area contributed by atoms with Gasteiger partial charge in [-0.2, -0.15) is 0 Å². The number of nitrogens with zero attached hydrogens (tertiary/aromatic N) is 1. The van der Waals surface area contributed by atoms with Crippen molar-refractivity contribution in [2.24, 2.45) is 0 Å². The third-order valence-corrected chi connectivity index (χ3v) is 3.48. The normalized spacial score (nSPS) is 12.3. The minimum atomic E-state index is -0.218. The van der Waals surface area contributed by atoms with E-state index < -0.39 is 0 Å². The van der Waals surface area contributed by atoms with E-state index in [-0.39, 0.29) is 11.7 Å². The fourth-order valence-corrected chi connectivity index (χ4v) is 2.27. The van der Waals surface area contributed by atoms with E-state index in [0.29, 0.717) is 5.56 Å². The smallest absolute Gasteiger partial charge is 0.131 e. The molecular weight excluding hydrogens is 253 g/mol. The molecule has 0 radical (unpaired) electrons. The van der Waals surface area contributed by atoms with Gasteiger partial charge in [-0.05, 0) is 17.2 Å². The fraction of sp³-hybridized carbons (Fsp3) is 0.118. The second-order valence-electron chi connectivity index (χ2n) is 4.75. The van der Waals surface area contributed by atoms with Gasteiger partial charge >= 0.3 is 0 Å². The van der Waals surface area contributed by atoms with Crippen LogP contribution in [0, 0.1) is 5.82 Å². The number of hydrogen-bond acceptors (Lipinski definition) is 2. The van der Waals surface area contributed by atoms with Crippen LogP contribution in [0.25, 0.3) is 11.1 Å². The Morgan fingerprint density at radius 3 is 2.50 bits per heavy atom. The molecule has 3 aromatic rings. The van der Waals surface area contributed by atoms with Crippen molar-refractivity contribution < 1.29 is 8.91 Å². The zero-order valence-electron chi connectivity index (χ0n) is 11.1. The standard InChI is InChI=1S/C17H14FNO/c1-12(17-9-10-20-19-17)14-7-8-15(16(18)11-14)13-5-3-2-4-6-13/h2-12H,1H3. The van der Waals surface area contributed by atoms with Gasteiger partial charge in [-0.25, -0.2) is 4.39 Å². The molecule has 0 amide bonds. The highest BCUT2D eigenvalue weighted by atomic mass is 19.1. The number of benzene rings is 2. The van der Waals surface area contributed by atoms with Crippen molar-refractivity contribution in [2.45, 2.75) is 12.8 Å². The molecule has 1 atom stereocenters. The lowest BCUT2D eigenvalue weighted by molar-refractivity contribution is 0.409. The average Bonchev–Trinajstić information content (AvgIpc) is 3.01. The summed E-state index contributed by atoms with van der Waals surface area (Å²) in [6, 6.07) is 16.7. The molecular formula is C17H14FNO. The van der Waals surface area contributed by atoms with Gasteiger partial charge in [0.1, 0.15) is 12.1 Å². The molecule has 0 fully saturated rings. The first-order chi connectivity index (χ1) is 9.75. The van der Waals surface area contributed by atoms with E-state index >= 15 is 0 Å². The molecule has 0 saturated heterocycles. The van der Waals surface area contributed by atoms with Gasteiger partial charge in [0.05, 0.1) is 5.69 Å². The monoisotopic (exact) mass is 267 g/mol. The van der Waals surface area contributed by atoms with Gasteiger partial charge in [-0.1, -0.05) is 54.5 Å². The molecule has 3 heteroatoms. The Bertz CT molecular complexity index is 692. The third kappa shape index (κ3) is 2.35. The average molecular weight is 267 g/mol. The quantitative estimate of drug-likeness (QED) is 0.691. The number of hydrogen-bond donors (Lipinski definition) is 0. The van der Waals surface area contributed by atoms with Crippen LogP contribution in [0.4, 0.5) is 4.39 Å². The molecule has 1 aromatic heterocycles. The van der Waals surface area contributed by atoms with Crippen LogP contribution in [0.2, 0.25) is 0 Å². The summed E-state index contributed by atoms with van der Waals surface area (Å²) in [7, 11) is 0. The highest BCUT2D eigenvalue weighted by Gasteiger charge is 2.14. The van der Waals surface area contributed by atoms with E-state index in [0.717, 1.165) is 16.8 Å². The van der Waals surface area contributed by atoms with Crippen LogP contribution in [-0.2, 0) is 0 Å². The van der Waals surface area contributed by atoms with Crippen LogP contribution >= 0.6 is 0 Å². The Hall–Kier alpha value is -2.42. The van der Waals surface area contributed by atoms with Gasteiger partial charge in [0, 0.05) is 17.5 Å². The summed E-state index contributed by atoms with van der Waals surface area (Å²) in [6.45, 7) is 1.98. The van der Waals surface area contributed by atoms with Crippen molar-refractivity contribution >= 4 is 0 Å². The second-order valence-corrected chi connectivity index (χ2v) is 4.75. The van der Waals surface area contributed by atoms with E-state index in [1.807, 2.05) is 49.4 Å². The number of rotatable bonds is 3. The molecule has 2 aromatic carbocycles. The maximum Gasteiger partial charge on any atom is 0.131 e. The first-order valence-electron chi connectivity index (χ1n) is 6.51. The van der Waals surface area contributed by atoms with E-state index in [1.54, 1.807) is 12.1 Å². The lowest BCUT2D eigenvalue weighted by atomic mass is 9.95. The summed E-state index contributed by atoms with van der Waals surface area (Å²) < 4.78 is 19.1. The Labute approximate surface area is 116 Å². The van der Waals surface area contributed by atoms with Crippen LogP contribution < -0.4 is 0 Å². The summed E-state index contributed by atoms with van der Waals surface area (Å²) in [4.78, 5) is 0. The highest BCUT2D eigenvalue weighted by Crippen LogP contribution is 2.28. The molecule has 3 rings (SSSR count). The highest BCUT2D eigenvalue weighted by molar-refractivity contribution is 5.64. The first kappa shape index (κ1) is 12.6. The van der Waals surface area contributed by atoms with Gasteiger partial charge < -0.3 is 4.52 Å². The van der Waals surface area contributed by atoms with E-state index in [9.17, 15) is 4.39 Å². The molecule has 0 bridgehead atoms. The van der Waals surface area contributed by atoms with Gasteiger partial charge in [0.25, 0.3) is 0 Å². The van der Waals surface area contributed by atoms with E-state index in [4.69, 9.17) is 4.52 Å². The molecule has 0 spiro atoms. The lowest BCUT2D eigenvalue weighted by Crippen LogP contribution is -1.97. The molecule has 20 heavy (non-hydrogen) atoms. The van der Waals surface area contributed by atoms with Crippen LogP contribution in [0.5, 0.6) is 0 Å². The van der Waals surface area contributed by atoms with Gasteiger partial charge in [-0.3, -0.25) is 0 Å². The molecule has 1 heterocycles. The van der Waals surface area contributed by atoms with Crippen molar-refractivity contribution in [1.29, 1.82) is 0 Å². The largest absolute Gasteiger partial charge is 0.364 e. The van der Waals surface area contributed by atoms with Crippen molar-refractivity contribution in [3.8, 4) is 11.1 Å². The zero-order chi connectivity index (χ0) is 13.9. The molecule has 0 aliphatic carbocycles. The SMILES string of the molecule is CC(c1ccc(-c2ccccc2)c(F)c1)c1ccon1. The van der Waals surface area contributed by atoms with Crippen molar-refractivity contribution in [1.82, 2.24) is 5.16 Å². The number of aromatic nitrogens is 1. The Morgan fingerprint density at radius 2 is 1.85 bits per heavy atom. The Morgan fingerprint density at radius 1 is 1.05 bits per heavy atom. The summed E-state index contributed by atoms with van der Waals surface area (Å²) >= 11 is 0. The lowest BCUT2D eigenvalue weighted by Gasteiger charge is -2.11. The minimum Gasteiger partial charge on any atom is -0.364 e. The molecule has 0 aliphatic heterocycles. The van der Waals surface area contributed by atoms with E-state index in [1.165, 1.54) is 6.26 Å². The van der Waals surface area contributed by atoms with Crippen LogP contribution in [-0.4, -0.2) is 5.16 Å². The molecule has 1 unspecified atom stereocenters. The summed E-state index contributed by atoms with van der Waals surface area (Å²) in [5.74, 6) is -0.211.